The Morgan fingerprint density at radius 2 is 1.72 bits per heavy atom. The molecule has 0 amide bonds. The first-order chi connectivity index (χ1) is 8.66. The van der Waals surface area contributed by atoms with Crippen LogP contribution in [0.4, 0.5) is 0 Å². The number of benzene rings is 1. The van der Waals surface area contributed by atoms with Crippen molar-refractivity contribution < 1.29 is 9.84 Å². The summed E-state index contributed by atoms with van der Waals surface area (Å²) in [5.41, 5.74) is 0.149. The van der Waals surface area contributed by atoms with E-state index in [4.69, 9.17) is 4.74 Å². The first-order valence-electron chi connectivity index (χ1n) is 7.02. The van der Waals surface area contributed by atoms with Gasteiger partial charge in [-0.05, 0) is 31.7 Å². The van der Waals surface area contributed by atoms with Crippen molar-refractivity contribution in [3.05, 3.63) is 29.8 Å². The average Bonchev–Trinajstić information content (AvgIpc) is 2.68. The van der Waals surface area contributed by atoms with Gasteiger partial charge in [0.15, 0.2) is 0 Å². The molecule has 18 heavy (non-hydrogen) atoms. The smallest absolute Gasteiger partial charge is 0.124 e. The second kappa shape index (κ2) is 5.75. The summed E-state index contributed by atoms with van der Waals surface area (Å²) in [6.45, 7) is 1.95. The van der Waals surface area contributed by atoms with Crippen LogP contribution in [-0.4, -0.2) is 12.2 Å². The second-order valence-corrected chi connectivity index (χ2v) is 5.54. The Balaban J connectivity index is 2.27. The third-order valence-electron chi connectivity index (χ3n) is 4.30. The van der Waals surface area contributed by atoms with Gasteiger partial charge in [-0.3, -0.25) is 0 Å². The number of hydrogen-bond acceptors (Lipinski definition) is 2. The Hall–Kier alpha value is -1.02. The van der Waals surface area contributed by atoms with Gasteiger partial charge in [0.05, 0.1) is 12.7 Å². The molecule has 1 atom stereocenters. The molecule has 100 valence electrons. The number of hydrogen-bond donors (Lipinski definition) is 1. The molecule has 1 aromatic carbocycles. The molecular weight excluding hydrogens is 224 g/mol. The summed E-state index contributed by atoms with van der Waals surface area (Å²) in [7, 11) is 1.67. The topological polar surface area (TPSA) is 29.5 Å². The third-order valence-corrected chi connectivity index (χ3v) is 4.30. The van der Waals surface area contributed by atoms with Gasteiger partial charge in [0.25, 0.3) is 0 Å². The van der Waals surface area contributed by atoms with E-state index >= 15 is 0 Å². The highest BCUT2D eigenvalue weighted by Crippen LogP contribution is 2.41. The summed E-state index contributed by atoms with van der Waals surface area (Å²) in [6, 6.07) is 7.85. The Morgan fingerprint density at radius 3 is 2.33 bits per heavy atom. The zero-order valence-corrected chi connectivity index (χ0v) is 11.5. The van der Waals surface area contributed by atoms with E-state index < -0.39 is 5.60 Å². The highest BCUT2D eigenvalue weighted by molar-refractivity contribution is 5.38. The molecule has 1 saturated carbocycles. The predicted molar refractivity (Wildman–Crippen MR) is 73.8 cm³/mol. The van der Waals surface area contributed by atoms with Crippen molar-refractivity contribution in [1.82, 2.24) is 0 Å². The van der Waals surface area contributed by atoms with Gasteiger partial charge < -0.3 is 9.84 Å². The lowest BCUT2D eigenvalue weighted by atomic mass is 9.78. The maximum absolute atomic E-state index is 11.0. The molecular formula is C16H24O2. The van der Waals surface area contributed by atoms with Crippen LogP contribution in [0.1, 0.15) is 51.0 Å². The van der Waals surface area contributed by atoms with Crippen molar-refractivity contribution >= 4 is 0 Å². The Labute approximate surface area is 110 Å². The lowest BCUT2D eigenvalue weighted by molar-refractivity contribution is -0.0144. The maximum Gasteiger partial charge on any atom is 0.124 e. The van der Waals surface area contributed by atoms with Crippen molar-refractivity contribution in [3.63, 3.8) is 0 Å². The molecule has 1 aliphatic carbocycles. The largest absolute Gasteiger partial charge is 0.496 e. The summed E-state index contributed by atoms with van der Waals surface area (Å²) < 4.78 is 5.39. The van der Waals surface area contributed by atoms with Crippen molar-refractivity contribution in [2.75, 3.05) is 7.11 Å². The quantitative estimate of drug-likeness (QED) is 0.823. The number of rotatable bonds is 3. The van der Waals surface area contributed by atoms with Crippen molar-refractivity contribution in [3.8, 4) is 5.75 Å². The van der Waals surface area contributed by atoms with Crippen LogP contribution in [0, 0.1) is 5.92 Å². The van der Waals surface area contributed by atoms with Crippen LogP contribution >= 0.6 is 0 Å². The standard InChI is InChI=1S/C16H24O2/c1-16(17,13-9-5-3-4-6-10-13)14-11-7-8-12-15(14)18-2/h7-8,11-13,17H,3-6,9-10H2,1-2H3. The van der Waals surface area contributed by atoms with Gasteiger partial charge in [0, 0.05) is 5.56 Å². The number of methoxy groups -OCH3 is 1. The summed E-state index contributed by atoms with van der Waals surface area (Å²) in [5, 5.41) is 11.0. The van der Waals surface area contributed by atoms with Gasteiger partial charge >= 0.3 is 0 Å². The molecule has 0 spiro atoms. The van der Waals surface area contributed by atoms with E-state index in [0.29, 0.717) is 5.92 Å². The van der Waals surface area contributed by atoms with Crippen molar-refractivity contribution in [2.45, 2.75) is 51.0 Å². The number of aliphatic hydroxyl groups is 1. The van der Waals surface area contributed by atoms with Crippen LogP contribution < -0.4 is 4.74 Å². The van der Waals surface area contributed by atoms with E-state index in [1.54, 1.807) is 7.11 Å². The minimum absolute atomic E-state index is 0.344. The molecule has 2 heteroatoms. The van der Waals surface area contributed by atoms with E-state index in [1.807, 2.05) is 31.2 Å². The van der Waals surface area contributed by atoms with Crippen LogP contribution in [0.5, 0.6) is 5.75 Å². The number of para-hydroxylation sites is 1. The van der Waals surface area contributed by atoms with Gasteiger partial charge in [-0.15, -0.1) is 0 Å². The van der Waals surface area contributed by atoms with Crippen LogP contribution in [0.15, 0.2) is 24.3 Å². The zero-order chi connectivity index (χ0) is 13.0. The van der Waals surface area contributed by atoms with E-state index in [1.165, 1.54) is 25.7 Å². The summed E-state index contributed by atoms with van der Waals surface area (Å²) in [4.78, 5) is 0. The molecule has 2 rings (SSSR count). The van der Waals surface area contributed by atoms with Gasteiger partial charge in [-0.25, -0.2) is 0 Å². The zero-order valence-electron chi connectivity index (χ0n) is 11.5. The SMILES string of the molecule is COc1ccccc1C(C)(O)C1CCCCCC1. The lowest BCUT2D eigenvalue weighted by Crippen LogP contribution is -2.32. The third kappa shape index (κ3) is 2.69. The fraction of sp³-hybridized carbons (Fsp3) is 0.625. The fourth-order valence-corrected chi connectivity index (χ4v) is 3.12. The predicted octanol–water partition coefficient (Wildman–Crippen LogP) is 3.87. The maximum atomic E-state index is 11.0. The van der Waals surface area contributed by atoms with Crippen molar-refractivity contribution in [1.29, 1.82) is 0 Å². The first-order valence-corrected chi connectivity index (χ1v) is 7.02. The molecule has 1 unspecified atom stereocenters. The van der Waals surface area contributed by atoms with Crippen LogP contribution in [-0.2, 0) is 5.60 Å². The Morgan fingerprint density at radius 1 is 1.11 bits per heavy atom. The highest BCUT2D eigenvalue weighted by atomic mass is 16.5. The summed E-state index contributed by atoms with van der Waals surface area (Å²) in [6.07, 6.45) is 7.30. The molecule has 1 fully saturated rings. The normalized spacial score (nSPS) is 21.1. The van der Waals surface area contributed by atoms with E-state index in [-0.39, 0.29) is 0 Å². The van der Waals surface area contributed by atoms with E-state index in [9.17, 15) is 5.11 Å². The highest BCUT2D eigenvalue weighted by Gasteiger charge is 2.35. The Kier molecular flexibility index (Phi) is 4.28. The van der Waals surface area contributed by atoms with Crippen LogP contribution in [0.2, 0.25) is 0 Å². The Bertz CT molecular complexity index is 376. The summed E-state index contributed by atoms with van der Waals surface area (Å²) in [5.74, 6) is 1.14. The second-order valence-electron chi connectivity index (χ2n) is 5.54. The van der Waals surface area contributed by atoms with Crippen LogP contribution in [0.3, 0.4) is 0 Å². The molecule has 0 heterocycles. The fourth-order valence-electron chi connectivity index (χ4n) is 3.12. The van der Waals surface area contributed by atoms with Crippen LogP contribution in [0.25, 0.3) is 0 Å². The molecule has 0 aromatic heterocycles. The lowest BCUT2D eigenvalue weighted by Gasteiger charge is -2.34. The van der Waals surface area contributed by atoms with Gasteiger partial charge in [0.1, 0.15) is 5.75 Å². The first kappa shape index (κ1) is 13.4. The monoisotopic (exact) mass is 248 g/mol. The van der Waals surface area contributed by atoms with E-state index in [2.05, 4.69) is 0 Å². The molecule has 0 saturated heterocycles. The average molecular weight is 248 g/mol. The molecule has 1 aliphatic rings. The molecule has 1 N–H and O–H groups in total. The summed E-state index contributed by atoms with van der Waals surface area (Å²) >= 11 is 0. The molecule has 0 aliphatic heterocycles. The van der Waals surface area contributed by atoms with Crippen molar-refractivity contribution in [2.24, 2.45) is 5.92 Å². The van der Waals surface area contributed by atoms with Gasteiger partial charge in [-0.1, -0.05) is 43.9 Å². The minimum atomic E-state index is -0.781. The molecule has 0 radical (unpaired) electrons. The molecule has 1 aromatic rings. The van der Waals surface area contributed by atoms with Gasteiger partial charge in [0.2, 0.25) is 0 Å². The number of ether oxygens (including phenoxy) is 1. The van der Waals surface area contributed by atoms with Gasteiger partial charge in [-0.2, -0.15) is 0 Å². The molecule has 0 bridgehead atoms. The molecule has 2 nitrogen and oxygen atoms in total. The minimum Gasteiger partial charge on any atom is -0.496 e. The van der Waals surface area contributed by atoms with E-state index in [0.717, 1.165) is 24.2 Å².